The lowest BCUT2D eigenvalue weighted by atomic mass is 9.73. The summed E-state index contributed by atoms with van der Waals surface area (Å²) in [4.78, 5) is 17.5. The standard InChI is InChI=1S/C21H23BrN2O3/c1-5-27-20(25)17-12(2)23-15-10-21(3,4)11-16(24-26)19(15)18(17)13-7-6-8-14(22)9-13/h6-9,26H,5,10-11H2,1-4H3. The molecule has 1 aromatic heterocycles. The Kier molecular flexibility index (Phi) is 5.38. The molecular formula is C21H23BrN2O3. The number of nitrogens with zero attached hydrogens (tertiary/aromatic N) is 2. The lowest BCUT2D eigenvalue weighted by Gasteiger charge is -2.33. The van der Waals surface area contributed by atoms with Gasteiger partial charge in [0.2, 0.25) is 0 Å². The first-order valence-electron chi connectivity index (χ1n) is 8.95. The normalized spacial score (nSPS) is 16.9. The number of esters is 1. The van der Waals surface area contributed by atoms with Gasteiger partial charge >= 0.3 is 5.97 Å². The topological polar surface area (TPSA) is 71.8 Å². The zero-order valence-corrected chi connectivity index (χ0v) is 17.6. The second-order valence-corrected chi connectivity index (χ2v) is 8.48. The van der Waals surface area contributed by atoms with Gasteiger partial charge in [-0.15, -0.1) is 0 Å². The van der Waals surface area contributed by atoms with Crippen LogP contribution in [0.5, 0.6) is 0 Å². The molecule has 6 heteroatoms. The molecule has 0 atom stereocenters. The second kappa shape index (κ2) is 7.43. The molecule has 27 heavy (non-hydrogen) atoms. The predicted octanol–water partition coefficient (Wildman–Crippen LogP) is 5.15. The Bertz CT molecular complexity index is 935. The summed E-state index contributed by atoms with van der Waals surface area (Å²) in [6, 6.07) is 7.74. The van der Waals surface area contributed by atoms with Gasteiger partial charge in [0, 0.05) is 15.6 Å². The summed E-state index contributed by atoms with van der Waals surface area (Å²) in [5.41, 5.74) is 4.69. The van der Waals surface area contributed by atoms with E-state index in [-0.39, 0.29) is 12.0 Å². The van der Waals surface area contributed by atoms with Crippen molar-refractivity contribution in [1.29, 1.82) is 0 Å². The van der Waals surface area contributed by atoms with Crippen molar-refractivity contribution >= 4 is 27.6 Å². The van der Waals surface area contributed by atoms with Crippen LogP contribution >= 0.6 is 15.9 Å². The van der Waals surface area contributed by atoms with Crippen molar-refractivity contribution in [1.82, 2.24) is 4.98 Å². The molecule has 0 amide bonds. The number of oxime groups is 1. The third-order valence-corrected chi connectivity index (χ3v) is 5.24. The molecule has 0 unspecified atom stereocenters. The molecule has 1 aromatic carbocycles. The molecule has 0 fully saturated rings. The van der Waals surface area contributed by atoms with Gasteiger partial charge in [-0.1, -0.05) is 47.1 Å². The van der Waals surface area contributed by atoms with Crippen molar-refractivity contribution in [3.8, 4) is 11.1 Å². The van der Waals surface area contributed by atoms with Gasteiger partial charge in [0.15, 0.2) is 0 Å². The third-order valence-electron chi connectivity index (χ3n) is 4.75. The van der Waals surface area contributed by atoms with Crippen LogP contribution in [0, 0.1) is 12.3 Å². The highest BCUT2D eigenvalue weighted by Crippen LogP contribution is 2.41. The van der Waals surface area contributed by atoms with E-state index in [1.165, 1.54) is 0 Å². The molecular weight excluding hydrogens is 408 g/mol. The fraction of sp³-hybridized carbons (Fsp3) is 0.381. The summed E-state index contributed by atoms with van der Waals surface area (Å²) in [5, 5.41) is 13.3. The van der Waals surface area contributed by atoms with Crippen molar-refractivity contribution < 1.29 is 14.7 Å². The van der Waals surface area contributed by atoms with Crippen LogP contribution in [0.4, 0.5) is 0 Å². The van der Waals surface area contributed by atoms with Crippen LogP contribution in [0.15, 0.2) is 33.9 Å². The first-order valence-corrected chi connectivity index (χ1v) is 9.74. The van der Waals surface area contributed by atoms with E-state index in [2.05, 4.69) is 34.9 Å². The monoisotopic (exact) mass is 430 g/mol. The minimum Gasteiger partial charge on any atom is -0.462 e. The van der Waals surface area contributed by atoms with Gasteiger partial charge < -0.3 is 9.94 Å². The van der Waals surface area contributed by atoms with Crippen molar-refractivity contribution in [3.63, 3.8) is 0 Å². The van der Waals surface area contributed by atoms with E-state index in [9.17, 15) is 10.0 Å². The number of pyridine rings is 1. The predicted molar refractivity (Wildman–Crippen MR) is 108 cm³/mol. The van der Waals surface area contributed by atoms with E-state index in [4.69, 9.17) is 9.72 Å². The van der Waals surface area contributed by atoms with Crippen LogP contribution in [0.3, 0.4) is 0 Å². The van der Waals surface area contributed by atoms with Gasteiger partial charge in [-0.3, -0.25) is 4.98 Å². The molecule has 0 spiro atoms. The third kappa shape index (κ3) is 3.76. The second-order valence-electron chi connectivity index (χ2n) is 7.56. The molecule has 1 N–H and O–H groups in total. The summed E-state index contributed by atoms with van der Waals surface area (Å²) >= 11 is 3.51. The first kappa shape index (κ1) is 19.5. The van der Waals surface area contributed by atoms with Crippen molar-refractivity contribution in [3.05, 3.63) is 51.3 Å². The molecule has 0 saturated heterocycles. The molecule has 142 valence electrons. The summed E-state index contributed by atoms with van der Waals surface area (Å²) in [6.07, 6.45) is 1.34. The Morgan fingerprint density at radius 2 is 2.07 bits per heavy atom. The summed E-state index contributed by atoms with van der Waals surface area (Å²) in [7, 11) is 0. The smallest absolute Gasteiger partial charge is 0.340 e. The zero-order chi connectivity index (χ0) is 19.8. The number of benzene rings is 1. The fourth-order valence-electron chi connectivity index (χ4n) is 3.73. The number of aryl methyl sites for hydroxylation is 1. The first-order chi connectivity index (χ1) is 12.8. The van der Waals surface area contributed by atoms with E-state index >= 15 is 0 Å². The lowest BCUT2D eigenvalue weighted by Crippen LogP contribution is -2.30. The fourth-order valence-corrected chi connectivity index (χ4v) is 4.13. The average molecular weight is 431 g/mol. The number of hydrogen-bond acceptors (Lipinski definition) is 5. The highest BCUT2D eigenvalue weighted by atomic mass is 79.9. The molecule has 3 rings (SSSR count). The average Bonchev–Trinajstić information content (AvgIpc) is 2.59. The Hall–Kier alpha value is -2.21. The number of carbonyl (C=O) groups is 1. The molecule has 1 aliphatic carbocycles. The summed E-state index contributed by atoms with van der Waals surface area (Å²) in [6.45, 7) is 8.12. The summed E-state index contributed by atoms with van der Waals surface area (Å²) < 4.78 is 6.21. The van der Waals surface area contributed by atoms with E-state index in [1.807, 2.05) is 31.2 Å². The van der Waals surface area contributed by atoms with Crippen molar-refractivity contribution in [2.24, 2.45) is 10.6 Å². The van der Waals surface area contributed by atoms with E-state index in [0.29, 0.717) is 23.4 Å². The minimum atomic E-state index is -0.414. The van der Waals surface area contributed by atoms with Gasteiger partial charge in [-0.2, -0.15) is 0 Å². The van der Waals surface area contributed by atoms with Crippen LogP contribution in [0.25, 0.3) is 11.1 Å². The Morgan fingerprint density at radius 3 is 2.70 bits per heavy atom. The van der Waals surface area contributed by atoms with Crippen molar-refractivity contribution in [2.75, 3.05) is 6.61 Å². The molecule has 0 radical (unpaired) electrons. The van der Waals surface area contributed by atoms with Crippen molar-refractivity contribution in [2.45, 2.75) is 40.5 Å². The quantitative estimate of drug-likeness (QED) is 0.415. The van der Waals surface area contributed by atoms with Crippen LogP contribution in [-0.4, -0.2) is 28.5 Å². The largest absolute Gasteiger partial charge is 0.462 e. The molecule has 0 saturated carbocycles. The Labute approximate surface area is 167 Å². The molecule has 2 aromatic rings. The highest BCUT2D eigenvalue weighted by molar-refractivity contribution is 9.10. The van der Waals surface area contributed by atoms with E-state index in [1.54, 1.807) is 6.92 Å². The number of halogens is 1. The number of fused-ring (bicyclic) bond motifs is 1. The molecule has 1 aliphatic rings. The van der Waals surface area contributed by atoms with Gasteiger partial charge in [-0.25, -0.2) is 4.79 Å². The summed E-state index contributed by atoms with van der Waals surface area (Å²) in [5.74, 6) is -0.414. The highest BCUT2D eigenvalue weighted by Gasteiger charge is 2.36. The van der Waals surface area contributed by atoms with Crippen LogP contribution in [0.1, 0.15) is 54.5 Å². The van der Waals surface area contributed by atoms with Crippen LogP contribution in [0.2, 0.25) is 0 Å². The van der Waals surface area contributed by atoms with Gasteiger partial charge in [-0.05, 0) is 49.8 Å². The number of carbonyl (C=O) groups excluding carboxylic acids is 1. The minimum absolute atomic E-state index is 0.0754. The van der Waals surface area contributed by atoms with Crippen LogP contribution in [-0.2, 0) is 11.2 Å². The zero-order valence-electron chi connectivity index (χ0n) is 16.0. The van der Waals surface area contributed by atoms with Crippen LogP contribution < -0.4 is 0 Å². The SMILES string of the molecule is CCOC(=O)c1c(C)nc2c(c1-c1cccc(Br)c1)C(=NO)CC(C)(C)C2. The van der Waals surface area contributed by atoms with Gasteiger partial charge in [0.05, 0.1) is 29.3 Å². The molecule has 0 aliphatic heterocycles. The maximum absolute atomic E-state index is 12.8. The number of ether oxygens (including phenoxy) is 1. The number of hydrogen-bond donors (Lipinski definition) is 1. The maximum Gasteiger partial charge on any atom is 0.340 e. The Morgan fingerprint density at radius 1 is 1.33 bits per heavy atom. The number of rotatable bonds is 3. The lowest BCUT2D eigenvalue weighted by molar-refractivity contribution is 0.0526. The molecule has 1 heterocycles. The van der Waals surface area contributed by atoms with E-state index < -0.39 is 5.97 Å². The molecule has 5 nitrogen and oxygen atoms in total. The Balaban J connectivity index is 2.40. The van der Waals surface area contributed by atoms with Gasteiger partial charge in [0.25, 0.3) is 0 Å². The van der Waals surface area contributed by atoms with Gasteiger partial charge in [0.1, 0.15) is 0 Å². The molecule has 0 bridgehead atoms. The van der Waals surface area contributed by atoms with E-state index in [0.717, 1.165) is 33.3 Å². The number of aromatic nitrogens is 1. The maximum atomic E-state index is 12.8.